The molecule has 3 heteroatoms. The molecule has 0 aliphatic carbocycles. The maximum Gasteiger partial charge on any atom is 0.303 e. The molecule has 0 aliphatic rings. The van der Waals surface area contributed by atoms with Gasteiger partial charge in [-0.05, 0) is 44.7 Å². The van der Waals surface area contributed by atoms with Crippen molar-refractivity contribution in [1.29, 1.82) is 0 Å². The SMILES string of the molecule is C/C(=C\c1cc[nH]c1)CCCCC(=O)O.Cc1ccccc1. The quantitative estimate of drug-likeness (QED) is 0.733. The van der Waals surface area contributed by atoms with Crippen LogP contribution >= 0.6 is 0 Å². The molecular weight excluding hydrogens is 274 g/mol. The highest BCUT2D eigenvalue weighted by Gasteiger charge is 1.97. The minimum atomic E-state index is -0.706. The average molecular weight is 299 g/mol. The van der Waals surface area contributed by atoms with Crippen molar-refractivity contribution in [1.82, 2.24) is 4.98 Å². The van der Waals surface area contributed by atoms with Crippen LogP contribution in [0.1, 0.15) is 43.7 Å². The van der Waals surface area contributed by atoms with Gasteiger partial charge >= 0.3 is 5.97 Å². The van der Waals surface area contributed by atoms with Crippen molar-refractivity contribution in [2.75, 3.05) is 0 Å². The number of aryl methyl sites for hydroxylation is 1. The van der Waals surface area contributed by atoms with E-state index in [-0.39, 0.29) is 6.42 Å². The zero-order chi connectivity index (χ0) is 16.2. The number of nitrogens with one attached hydrogen (secondary N) is 1. The fraction of sp³-hybridized carbons (Fsp3) is 0.316. The van der Waals surface area contributed by atoms with Crippen molar-refractivity contribution < 1.29 is 9.90 Å². The summed E-state index contributed by atoms with van der Waals surface area (Å²) in [5, 5.41) is 8.47. The number of benzene rings is 1. The molecule has 2 aromatic rings. The summed E-state index contributed by atoms with van der Waals surface area (Å²) in [6.45, 7) is 4.16. The molecular formula is C19H25NO2. The molecule has 0 aliphatic heterocycles. The molecule has 0 unspecified atom stereocenters. The largest absolute Gasteiger partial charge is 0.481 e. The lowest BCUT2D eigenvalue weighted by molar-refractivity contribution is -0.137. The van der Waals surface area contributed by atoms with Gasteiger partial charge in [-0.25, -0.2) is 0 Å². The monoisotopic (exact) mass is 299 g/mol. The molecule has 1 heterocycles. The van der Waals surface area contributed by atoms with Crippen LogP contribution in [0.2, 0.25) is 0 Å². The summed E-state index contributed by atoms with van der Waals surface area (Å²) >= 11 is 0. The molecule has 118 valence electrons. The van der Waals surface area contributed by atoms with Gasteiger partial charge in [-0.3, -0.25) is 4.79 Å². The van der Waals surface area contributed by atoms with Gasteiger partial charge in [0.15, 0.2) is 0 Å². The molecule has 0 saturated carbocycles. The highest BCUT2D eigenvalue weighted by molar-refractivity contribution is 5.66. The van der Waals surface area contributed by atoms with E-state index in [1.54, 1.807) is 0 Å². The van der Waals surface area contributed by atoms with Crippen LogP contribution < -0.4 is 0 Å². The van der Waals surface area contributed by atoms with Crippen LogP contribution in [0, 0.1) is 6.92 Å². The first kappa shape index (κ1) is 17.8. The first-order valence-corrected chi connectivity index (χ1v) is 7.61. The smallest absolute Gasteiger partial charge is 0.303 e. The van der Waals surface area contributed by atoms with Gasteiger partial charge in [-0.15, -0.1) is 0 Å². The van der Waals surface area contributed by atoms with Gasteiger partial charge in [-0.1, -0.05) is 47.5 Å². The molecule has 0 fully saturated rings. The maximum absolute atomic E-state index is 10.3. The summed E-state index contributed by atoms with van der Waals surface area (Å²) < 4.78 is 0. The molecule has 1 aromatic carbocycles. The second-order valence-electron chi connectivity index (χ2n) is 5.39. The third-order valence-corrected chi connectivity index (χ3v) is 3.19. The number of carboxylic acids is 1. The molecule has 3 nitrogen and oxygen atoms in total. The molecule has 0 amide bonds. The van der Waals surface area contributed by atoms with Crippen LogP contribution in [0.25, 0.3) is 6.08 Å². The maximum atomic E-state index is 10.3. The normalized spacial score (nSPS) is 10.7. The molecule has 1 aromatic heterocycles. The van der Waals surface area contributed by atoms with Gasteiger partial charge in [0.25, 0.3) is 0 Å². The Bertz CT molecular complexity index is 556. The molecule has 22 heavy (non-hydrogen) atoms. The second-order valence-corrected chi connectivity index (χ2v) is 5.39. The Morgan fingerprint density at radius 3 is 2.32 bits per heavy atom. The molecule has 0 saturated heterocycles. The number of aromatic amines is 1. The van der Waals surface area contributed by atoms with Crippen LogP contribution in [0.3, 0.4) is 0 Å². The summed E-state index contributed by atoms with van der Waals surface area (Å²) in [7, 11) is 0. The van der Waals surface area contributed by atoms with E-state index in [1.807, 2.05) is 36.7 Å². The Hall–Kier alpha value is -2.29. The number of H-pyrrole nitrogens is 1. The van der Waals surface area contributed by atoms with Crippen molar-refractivity contribution in [3.63, 3.8) is 0 Å². The lowest BCUT2D eigenvalue weighted by atomic mass is 10.1. The predicted molar refractivity (Wildman–Crippen MR) is 91.7 cm³/mol. The summed E-state index contributed by atoms with van der Waals surface area (Å²) in [4.78, 5) is 13.3. The molecule has 2 rings (SSSR count). The van der Waals surface area contributed by atoms with Crippen molar-refractivity contribution in [3.05, 3.63) is 65.5 Å². The number of unbranched alkanes of at least 4 members (excludes halogenated alkanes) is 1. The molecule has 0 spiro atoms. The minimum absolute atomic E-state index is 0.275. The Kier molecular flexibility index (Phi) is 8.43. The Morgan fingerprint density at radius 1 is 1.14 bits per heavy atom. The molecule has 0 radical (unpaired) electrons. The van der Waals surface area contributed by atoms with Gasteiger partial charge in [-0.2, -0.15) is 0 Å². The van der Waals surface area contributed by atoms with Gasteiger partial charge in [0.1, 0.15) is 0 Å². The Morgan fingerprint density at radius 2 is 1.82 bits per heavy atom. The van der Waals surface area contributed by atoms with E-state index >= 15 is 0 Å². The van der Waals surface area contributed by atoms with Crippen molar-refractivity contribution >= 4 is 12.0 Å². The van der Waals surface area contributed by atoms with Crippen LogP contribution in [0.15, 0.2) is 54.4 Å². The number of carboxylic acid groups (broad SMARTS) is 1. The number of aromatic nitrogens is 1. The standard InChI is InChI=1S/C12H17NO2.C7H8/c1-10(4-2-3-5-12(14)15)8-11-6-7-13-9-11;1-7-5-3-2-4-6-7/h6-9,13H,2-5H2,1H3,(H,14,15);2-6H,1H3/b10-8+;. The Balaban J connectivity index is 0.000000287. The zero-order valence-electron chi connectivity index (χ0n) is 13.4. The van der Waals surface area contributed by atoms with Gasteiger partial charge in [0.2, 0.25) is 0 Å². The minimum Gasteiger partial charge on any atom is -0.481 e. The van der Waals surface area contributed by atoms with Crippen molar-refractivity contribution in [2.24, 2.45) is 0 Å². The predicted octanol–water partition coefficient (Wildman–Crippen LogP) is 5.06. The summed E-state index contributed by atoms with van der Waals surface area (Å²) in [6, 6.07) is 12.3. The third-order valence-electron chi connectivity index (χ3n) is 3.19. The molecule has 2 N–H and O–H groups in total. The highest BCUT2D eigenvalue weighted by Crippen LogP contribution is 2.12. The summed E-state index contributed by atoms with van der Waals surface area (Å²) in [5.74, 6) is -0.706. The second kappa shape index (κ2) is 10.4. The Labute approximate surface area is 132 Å². The van der Waals surface area contributed by atoms with Crippen molar-refractivity contribution in [2.45, 2.75) is 39.5 Å². The fourth-order valence-electron chi connectivity index (χ4n) is 2.00. The number of hydrogen-bond donors (Lipinski definition) is 2. The van der Waals surface area contributed by atoms with E-state index < -0.39 is 5.97 Å². The number of rotatable bonds is 6. The summed E-state index contributed by atoms with van der Waals surface area (Å²) in [5.41, 5.74) is 3.79. The molecule has 0 bridgehead atoms. The van der Waals surface area contributed by atoms with Crippen LogP contribution in [-0.2, 0) is 4.79 Å². The average Bonchev–Trinajstić information content (AvgIpc) is 2.98. The number of aliphatic carboxylic acids is 1. The van der Waals surface area contributed by atoms with Crippen LogP contribution in [0.4, 0.5) is 0 Å². The fourth-order valence-corrected chi connectivity index (χ4v) is 2.00. The highest BCUT2D eigenvalue weighted by atomic mass is 16.4. The van der Waals surface area contributed by atoms with E-state index in [1.165, 1.54) is 16.7 Å². The van der Waals surface area contributed by atoms with Gasteiger partial charge < -0.3 is 10.1 Å². The van der Waals surface area contributed by atoms with Gasteiger partial charge in [0, 0.05) is 18.8 Å². The van der Waals surface area contributed by atoms with E-state index in [9.17, 15) is 4.79 Å². The lowest BCUT2D eigenvalue weighted by Gasteiger charge is -1.99. The van der Waals surface area contributed by atoms with Crippen LogP contribution in [-0.4, -0.2) is 16.1 Å². The topological polar surface area (TPSA) is 53.1 Å². The van der Waals surface area contributed by atoms with Crippen LogP contribution in [0.5, 0.6) is 0 Å². The molecule has 0 atom stereocenters. The number of allylic oxidation sites excluding steroid dienone is 1. The lowest BCUT2D eigenvalue weighted by Crippen LogP contribution is -1.93. The number of carbonyl (C=O) groups is 1. The van der Waals surface area contributed by atoms with E-state index in [0.29, 0.717) is 0 Å². The third kappa shape index (κ3) is 8.80. The van der Waals surface area contributed by atoms with Crippen molar-refractivity contribution in [3.8, 4) is 0 Å². The number of hydrogen-bond acceptors (Lipinski definition) is 1. The van der Waals surface area contributed by atoms with E-state index in [4.69, 9.17) is 5.11 Å². The summed E-state index contributed by atoms with van der Waals surface area (Å²) in [6.07, 6.45) is 8.91. The first-order chi connectivity index (χ1) is 10.6. The van der Waals surface area contributed by atoms with Gasteiger partial charge in [0.05, 0.1) is 0 Å². The van der Waals surface area contributed by atoms with E-state index in [0.717, 1.165) is 19.3 Å². The van der Waals surface area contributed by atoms with E-state index in [2.05, 4.69) is 37.0 Å². The zero-order valence-corrected chi connectivity index (χ0v) is 13.4. The first-order valence-electron chi connectivity index (χ1n) is 7.61.